The monoisotopic (exact) mass is 460 g/mol. The molecule has 0 aromatic carbocycles. The minimum absolute atomic E-state index is 0.237. The largest absolute Gasteiger partial charge is 0.433 e. The molecule has 0 saturated heterocycles. The van der Waals surface area contributed by atoms with Gasteiger partial charge in [-0.1, -0.05) is 0 Å². The lowest BCUT2D eigenvalue weighted by atomic mass is 9.50. The summed E-state index contributed by atoms with van der Waals surface area (Å²) in [5.41, 5.74) is -1.41. The van der Waals surface area contributed by atoms with E-state index in [-0.39, 0.29) is 11.6 Å². The van der Waals surface area contributed by atoms with E-state index in [1.54, 1.807) is 13.1 Å². The second-order valence-electron chi connectivity index (χ2n) is 9.74. The summed E-state index contributed by atoms with van der Waals surface area (Å²) in [6.07, 6.45) is 3.82. The number of carbonyl (C=O) groups is 2. The Bertz CT molecular complexity index is 1110. The molecular weight excluding hydrogens is 437 g/mol. The molecule has 2 amide bonds. The highest BCUT2D eigenvalue weighted by atomic mass is 19.4. The molecule has 2 atom stereocenters. The molecule has 4 saturated carbocycles. The zero-order valence-corrected chi connectivity index (χ0v) is 17.9. The number of halogens is 3. The maximum atomic E-state index is 13.0. The minimum Gasteiger partial charge on any atom is -0.345 e. The van der Waals surface area contributed by atoms with Crippen LogP contribution in [0.5, 0.6) is 0 Å². The van der Waals surface area contributed by atoms with E-state index in [1.165, 1.54) is 6.20 Å². The Morgan fingerprint density at radius 1 is 1.00 bits per heavy atom. The Balaban J connectivity index is 1.37. The molecule has 4 aliphatic rings. The van der Waals surface area contributed by atoms with Crippen molar-refractivity contribution in [3.05, 3.63) is 47.6 Å². The van der Waals surface area contributed by atoms with Gasteiger partial charge in [0, 0.05) is 23.5 Å². The van der Waals surface area contributed by atoms with Gasteiger partial charge in [-0.3, -0.25) is 14.6 Å². The van der Waals surface area contributed by atoms with Crippen molar-refractivity contribution in [2.75, 3.05) is 0 Å². The Morgan fingerprint density at radius 3 is 2.24 bits per heavy atom. The number of nitrogens with one attached hydrogen (secondary N) is 2. The summed E-state index contributed by atoms with van der Waals surface area (Å²) in [5.74, 6) is -0.936. The van der Waals surface area contributed by atoms with Crippen LogP contribution in [0.3, 0.4) is 0 Å². The predicted octanol–water partition coefficient (Wildman–Crippen LogP) is 2.85. The third-order valence-electron chi connectivity index (χ3n) is 6.96. The van der Waals surface area contributed by atoms with Crippen LogP contribution >= 0.6 is 0 Å². The molecule has 4 bridgehead atoms. The summed E-state index contributed by atoms with van der Waals surface area (Å²) in [5, 5.41) is 6.12. The first-order chi connectivity index (χ1) is 15.5. The number of amides is 2. The molecule has 0 radical (unpaired) electrons. The van der Waals surface area contributed by atoms with E-state index in [4.69, 9.17) is 0 Å². The van der Waals surface area contributed by atoms with Crippen LogP contribution in [0.15, 0.2) is 24.7 Å². The van der Waals surface area contributed by atoms with Gasteiger partial charge in [-0.15, -0.1) is 0 Å². The van der Waals surface area contributed by atoms with Gasteiger partial charge < -0.3 is 10.6 Å². The fourth-order valence-corrected chi connectivity index (χ4v) is 6.36. The van der Waals surface area contributed by atoms with Gasteiger partial charge in [0.1, 0.15) is 11.4 Å². The average Bonchev–Trinajstić information content (AvgIpc) is 2.71. The highest BCUT2D eigenvalue weighted by Crippen LogP contribution is 2.57. The number of aromatic nitrogens is 4. The van der Waals surface area contributed by atoms with E-state index in [0.29, 0.717) is 24.0 Å². The third kappa shape index (κ3) is 4.16. The third-order valence-corrected chi connectivity index (χ3v) is 6.96. The number of hydrogen-bond acceptors (Lipinski definition) is 6. The smallest absolute Gasteiger partial charge is 0.345 e. The summed E-state index contributed by atoms with van der Waals surface area (Å²) >= 11 is 0. The van der Waals surface area contributed by atoms with Crippen LogP contribution in [-0.4, -0.2) is 42.8 Å². The van der Waals surface area contributed by atoms with Crippen LogP contribution in [-0.2, 0) is 6.18 Å². The highest BCUT2D eigenvalue weighted by Gasteiger charge is 2.59. The molecule has 11 heteroatoms. The minimum atomic E-state index is -4.66. The number of carbonyl (C=O) groups excluding carboxylic acids is 2. The molecule has 4 fully saturated rings. The second-order valence-corrected chi connectivity index (χ2v) is 9.74. The van der Waals surface area contributed by atoms with Gasteiger partial charge in [0.2, 0.25) is 5.82 Å². The van der Waals surface area contributed by atoms with Gasteiger partial charge in [-0.2, -0.15) is 13.2 Å². The normalized spacial score (nSPS) is 30.2. The summed E-state index contributed by atoms with van der Waals surface area (Å²) in [4.78, 5) is 41.3. The Labute approximate surface area is 187 Å². The zero-order chi connectivity index (χ0) is 23.4. The van der Waals surface area contributed by atoms with Gasteiger partial charge >= 0.3 is 6.18 Å². The average molecular weight is 460 g/mol. The lowest BCUT2D eigenvalue weighted by molar-refractivity contribution is -0.141. The number of nitrogens with zero attached hydrogens (tertiary/aromatic N) is 4. The molecule has 0 spiro atoms. The van der Waals surface area contributed by atoms with Crippen molar-refractivity contribution < 1.29 is 22.8 Å². The second kappa shape index (κ2) is 7.46. The number of aryl methyl sites for hydroxylation is 1. The fourth-order valence-electron chi connectivity index (χ4n) is 6.36. The van der Waals surface area contributed by atoms with E-state index < -0.39 is 34.7 Å². The van der Waals surface area contributed by atoms with Crippen LogP contribution in [0.2, 0.25) is 0 Å². The van der Waals surface area contributed by atoms with Gasteiger partial charge in [0.25, 0.3) is 11.8 Å². The molecule has 2 unspecified atom stereocenters. The summed E-state index contributed by atoms with van der Waals surface area (Å²) in [6.45, 7) is 1.76. The van der Waals surface area contributed by atoms with Gasteiger partial charge in [-0.05, 0) is 63.4 Å². The van der Waals surface area contributed by atoms with Crippen molar-refractivity contribution in [2.24, 2.45) is 11.8 Å². The summed E-state index contributed by atoms with van der Waals surface area (Å²) in [7, 11) is 0. The highest BCUT2D eigenvalue weighted by molar-refractivity contribution is 5.93. The molecule has 6 rings (SSSR count). The topological polar surface area (TPSA) is 110 Å². The number of alkyl halides is 3. The molecular formula is C22H23F3N6O2. The molecule has 2 N–H and O–H groups in total. The molecule has 174 valence electrons. The first-order valence-corrected chi connectivity index (χ1v) is 10.9. The first-order valence-electron chi connectivity index (χ1n) is 10.9. The van der Waals surface area contributed by atoms with E-state index in [1.807, 2.05) is 0 Å². The molecule has 2 heterocycles. The van der Waals surface area contributed by atoms with Crippen LogP contribution in [0.4, 0.5) is 13.2 Å². The van der Waals surface area contributed by atoms with E-state index in [2.05, 4.69) is 30.6 Å². The molecule has 8 nitrogen and oxygen atoms in total. The van der Waals surface area contributed by atoms with Crippen molar-refractivity contribution in [3.63, 3.8) is 0 Å². The van der Waals surface area contributed by atoms with Crippen molar-refractivity contribution in [3.8, 4) is 0 Å². The lowest BCUT2D eigenvalue weighted by Crippen LogP contribution is -2.70. The Morgan fingerprint density at radius 2 is 1.64 bits per heavy atom. The van der Waals surface area contributed by atoms with Gasteiger partial charge in [0.15, 0.2) is 0 Å². The predicted molar refractivity (Wildman–Crippen MR) is 109 cm³/mol. The summed E-state index contributed by atoms with van der Waals surface area (Å²) < 4.78 is 39.0. The van der Waals surface area contributed by atoms with Crippen molar-refractivity contribution >= 4 is 11.8 Å². The van der Waals surface area contributed by atoms with Crippen LogP contribution in [0.25, 0.3) is 0 Å². The lowest BCUT2D eigenvalue weighted by Gasteiger charge is -2.62. The number of hydrogen-bond donors (Lipinski definition) is 2. The van der Waals surface area contributed by atoms with Crippen LogP contribution < -0.4 is 10.6 Å². The van der Waals surface area contributed by atoms with Crippen molar-refractivity contribution in [2.45, 2.75) is 62.7 Å². The quantitative estimate of drug-likeness (QED) is 0.726. The molecule has 0 aliphatic heterocycles. The maximum Gasteiger partial charge on any atom is 0.433 e. The van der Waals surface area contributed by atoms with Crippen molar-refractivity contribution in [1.82, 2.24) is 30.6 Å². The molecule has 33 heavy (non-hydrogen) atoms. The van der Waals surface area contributed by atoms with E-state index >= 15 is 0 Å². The fraction of sp³-hybridized carbons (Fsp3) is 0.545. The van der Waals surface area contributed by atoms with E-state index in [9.17, 15) is 22.8 Å². The van der Waals surface area contributed by atoms with Gasteiger partial charge in [-0.25, -0.2) is 15.0 Å². The number of rotatable bonds is 4. The standard InChI is InChI=1S/C22H23F3N6O2/c1-12-9-26-10-15(28-12)18(32)30-20-5-13-4-14(6-20)8-21(7-13,11-20)31-19(33)17-27-3-2-16(29-17)22(23,24)25/h2-3,9-10,13-14H,4-8,11H2,1H3,(H,30,32)(H,31,33). The molecule has 4 aliphatic carbocycles. The van der Waals surface area contributed by atoms with Crippen molar-refractivity contribution in [1.29, 1.82) is 0 Å². The van der Waals surface area contributed by atoms with Crippen LogP contribution in [0.1, 0.15) is 71.0 Å². The van der Waals surface area contributed by atoms with E-state index in [0.717, 1.165) is 44.4 Å². The Hall–Kier alpha value is -3.11. The zero-order valence-electron chi connectivity index (χ0n) is 17.9. The SMILES string of the molecule is Cc1cncc(C(=O)NC23CC4CC(C2)CC(NC(=O)c2nccc(C(F)(F)F)n2)(C4)C3)n1. The van der Waals surface area contributed by atoms with Gasteiger partial charge in [0.05, 0.1) is 11.9 Å². The Kier molecular flexibility index (Phi) is 4.91. The maximum absolute atomic E-state index is 13.0. The summed E-state index contributed by atoms with van der Waals surface area (Å²) in [6, 6.07) is 0.736. The molecule has 2 aromatic rings. The van der Waals surface area contributed by atoms with Crippen LogP contribution in [0, 0.1) is 18.8 Å². The molecule has 2 aromatic heterocycles. The first kappa shape index (κ1) is 21.7.